The van der Waals surface area contributed by atoms with E-state index >= 15 is 0 Å². The van der Waals surface area contributed by atoms with E-state index in [4.69, 9.17) is 0 Å². The molecular weight excluding hydrogens is 341 g/mol. The van der Waals surface area contributed by atoms with Gasteiger partial charge in [-0.15, -0.1) is 0 Å². The Balaban J connectivity index is 2.29. The zero-order chi connectivity index (χ0) is 19.2. The first kappa shape index (κ1) is 19.6. The molecule has 1 N–H and O–H groups in total. The summed E-state index contributed by atoms with van der Waals surface area (Å²) in [6.45, 7) is 5.04. The number of alkyl halides is 3. The van der Waals surface area contributed by atoms with Gasteiger partial charge in [-0.05, 0) is 43.7 Å². The average Bonchev–Trinajstić information content (AvgIpc) is 2.62. The van der Waals surface area contributed by atoms with E-state index in [2.05, 4.69) is 5.32 Å². The lowest BCUT2D eigenvalue weighted by Crippen LogP contribution is -2.24. The van der Waals surface area contributed by atoms with Crippen LogP contribution in [0.15, 0.2) is 54.6 Å². The third-order valence-electron chi connectivity index (χ3n) is 3.91. The molecule has 0 spiro atoms. The van der Waals surface area contributed by atoms with Crippen molar-refractivity contribution in [3.63, 3.8) is 0 Å². The van der Waals surface area contributed by atoms with Gasteiger partial charge in [-0.2, -0.15) is 13.2 Å². The Morgan fingerprint density at radius 3 is 2.31 bits per heavy atom. The number of carbonyl (C=O) groups is 1. The first-order valence-corrected chi connectivity index (χ1v) is 8.35. The topological polar surface area (TPSA) is 32.3 Å². The van der Waals surface area contributed by atoms with Gasteiger partial charge < -0.3 is 10.2 Å². The molecule has 2 aromatic rings. The molecule has 0 radical (unpaired) electrons. The minimum Gasteiger partial charge on any atom is -0.370 e. The van der Waals surface area contributed by atoms with Crippen molar-refractivity contribution in [2.24, 2.45) is 0 Å². The fourth-order valence-corrected chi connectivity index (χ4v) is 2.56. The van der Waals surface area contributed by atoms with Gasteiger partial charge in [-0.3, -0.25) is 4.79 Å². The molecule has 3 nitrogen and oxygen atoms in total. The molecule has 0 unspecified atom stereocenters. The second kappa shape index (κ2) is 8.56. The van der Waals surface area contributed by atoms with Crippen LogP contribution in [0.2, 0.25) is 0 Å². The fraction of sp³-hybridized carbons (Fsp3) is 0.250. The average molecular weight is 362 g/mol. The molecular formula is C20H21F3N2O. The zero-order valence-corrected chi connectivity index (χ0v) is 14.7. The Hall–Kier alpha value is -2.76. The van der Waals surface area contributed by atoms with Crippen LogP contribution < -0.4 is 10.2 Å². The van der Waals surface area contributed by atoms with Gasteiger partial charge in [0.25, 0.3) is 0 Å². The highest BCUT2D eigenvalue weighted by molar-refractivity contribution is 6.03. The summed E-state index contributed by atoms with van der Waals surface area (Å²) < 4.78 is 39.1. The van der Waals surface area contributed by atoms with Crippen LogP contribution in [0, 0.1) is 0 Å². The van der Waals surface area contributed by atoms with E-state index in [1.807, 2.05) is 49.1 Å². The Morgan fingerprint density at radius 2 is 1.73 bits per heavy atom. The van der Waals surface area contributed by atoms with Crippen LogP contribution in [0.5, 0.6) is 0 Å². The number of amides is 1. The largest absolute Gasteiger partial charge is 0.416 e. The first-order chi connectivity index (χ1) is 12.3. The monoisotopic (exact) mass is 362 g/mol. The summed E-state index contributed by atoms with van der Waals surface area (Å²) in [5.41, 5.74) is 0.738. The minimum atomic E-state index is -4.47. The van der Waals surface area contributed by atoms with Crippen molar-refractivity contribution in [1.29, 1.82) is 0 Å². The van der Waals surface area contributed by atoms with E-state index in [1.54, 1.807) is 6.08 Å². The van der Waals surface area contributed by atoms with E-state index in [1.165, 1.54) is 12.1 Å². The van der Waals surface area contributed by atoms with Crippen molar-refractivity contribution < 1.29 is 18.0 Å². The van der Waals surface area contributed by atoms with Gasteiger partial charge in [-0.1, -0.05) is 30.3 Å². The molecule has 0 bridgehead atoms. The highest BCUT2D eigenvalue weighted by atomic mass is 19.4. The number of hydrogen-bond donors (Lipinski definition) is 1. The number of halogens is 3. The Labute approximate surface area is 151 Å². The summed E-state index contributed by atoms with van der Waals surface area (Å²) in [5, 5.41) is 2.57. The van der Waals surface area contributed by atoms with Gasteiger partial charge in [0.15, 0.2) is 0 Å². The Kier molecular flexibility index (Phi) is 6.44. The molecule has 0 aromatic heterocycles. The third kappa shape index (κ3) is 5.12. The molecule has 2 aromatic carbocycles. The van der Waals surface area contributed by atoms with Crippen molar-refractivity contribution in [1.82, 2.24) is 0 Å². The summed E-state index contributed by atoms with van der Waals surface area (Å²) >= 11 is 0. The molecule has 6 heteroatoms. The summed E-state index contributed by atoms with van der Waals surface area (Å²) in [6.07, 6.45) is -1.55. The predicted molar refractivity (Wildman–Crippen MR) is 99.1 cm³/mol. The summed E-state index contributed by atoms with van der Waals surface area (Å²) in [4.78, 5) is 14.1. The Bertz CT molecular complexity index is 766. The first-order valence-electron chi connectivity index (χ1n) is 8.35. The van der Waals surface area contributed by atoms with E-state index < -0.39 is 17.6 Å². The van der Waals surface area contributed by atoms with Crippen LogP contribution in [-0.2, 0) is 11.0 Å². The fourth-order valence-electron chi connectivity index (χ4n) is 2.56. The molecule has 1 amide bonds. The van der Waals surface area contributed by atoms with Gasteiger partial charge in [0, 0.05) is 19.2 Å². The van der Waals surface area contributed by atoms with Gasteiger partial charge in [0.2, 0.25) is 5.91 Å². The predicted octanol–water partition coefficient (Wildman–Crippen LogP) is 5.20. The molecule has 0 saturated heterocycles. The number of nitrogens with one attached hydrogen (secondary N) is 1. The van der Waals surface area contributed by atoms with Crippen LogP contribution in [0.3, 0.4) is 0 Å². The summed E-state index contributed by atoms with van der Waals surface area (Å²) in [5.74, 6) is -0.485. The van der Waals surface area contributed by atoms with Crippen LogP contribution in [0.25, 0.3) is 6.08 Å². The number of carbonyl (C=O) groups excluding carboxylic acids is 1. The summed E-state index contributed by atoms with van der Waals surface area (Å²) in [7, 11) is 0. The van der Waals surface area contributed by atoms with E-state index in [0.29, 0.717) is 18.8 Å². The lowest BCUT2D eigenvalue weighted by molar-refractivity contribution is -0.137. The SMILES string of the molecule is CCN(CC)c1ccc(C(F)(F)F)cc1NC(=O)/C=C/c1ccccc1. The van der Waals surface area contributed by atoms with Gasteiger partial charge in [0.1, 0.15) is 0 Å². The van der Waals surface area contributed by atoms with E-state index in [9.17, 15) is 18.0 Å². The molecule has 0 aliphatic rings. The molecule has 138 valence electrons. The maximum Gasteiger partial charge on any atom is 0.416 e. The molecule has 0 aliphatic carbocycles. The zero-order valence-electron chi connectivity index (χ0n) is 14.7. The molecule has 0 fully saturated rings. The van der Waals surface area contributed by atoms with Gasteiger partial charge in [0.05, 0.1) is 16.9 Å². The van der Waals surface area contributed by atoms with Crippen molar-refractivity contribution in [2.75, 3.05) is 23.3 Å². The number of nitrogens with zero attached hydrogens (tertiary/aromatic N) is 1. The second-order valence-corrected chi connectivity index (χ2v) is 5.64. The molecule has 0 aliphatic heterocycles. The van der Waals surface area contributed by atoms with Gasteiger partial charge in [-0.25, -0.2) is 0 Å². The molecule has 2 rings (SSSR count). The smallest absolute Gasteiger partial charge is 0.370 e. The lowest BCUT2D eigenvalue weighted by atomic mass is 10.1. The number of rotatable bonds is 6. The second-order valence-electron chi connectivity index (χ2n) is 5.64. The quantitative estimate of drug-likeness (QED) is 0.716. The molecule has 26 heavy (non-hydrogen) atoms. The van der Waals surface area contributed by atoms with E-state index in [-0.39, 0.29) is 5.69 Å². The minimum absolute atomic E-state index is 0.145. The van der Waals surface area contributed by atoms with Crippen LogP contribution in [0.4, 0.5) is 24.5 Å². The van der Waals surface area contributed by atoms with Crippen molar-refractivity contribution >= 4 is 23.4 Å². The van der Waals surface area contributed by atoms with Crippen molar-refractivity contribution in [3.8, 4) is 0 Å². The third-order valence-corrected chi connectivity index (χ3v) is 3.91. The number of hydrogen-bond acceptors (Lipinski definition) is 2. The van der Waals surface area contributed by atoms with E-state index in [0.717, 1.165) is 17.7 Å². The Morgan fingerprint density at radius 1 is 1.08 bits per heavy atom. The normalized spacial score (nSPS) is 11.6. The summed E-state index contributed by atoms with van der Waals surface area (Å²) in [6, 6.07) is 12.6. The standard InChI is InChI=1S/C20H21F3N2O/c1-3-25(4-2)18-12-11-16(20(21,22)23)14-17(18)24-19(26)13-10-15-8-6-5-7-9-15/h5-14H,3-4H2,1-2H3,(H,24,26)/b13-10+. The van der Waals surface area contributed by atoms with Crippen LogP contribution in [-0.4, -0.2) is 19.0 Å². The lowest BCUT2D eigenvalue weighted by Gasteiger charge is -2.25. The van der Waals surface area contributed by atoms with Crippen molar-refractivity contribution in [2.45, 2.75) is 20.0 Å². The van der Waals surface area contributed by atoms with Crippen LogP contribution in [0.1, 0.15) is 25.0 Å². The van der Waals surface area contributed by atoms with Crippen molar-refractivity contribution in [3.05, 3.63) is 65.7 Å². The maximum atomic E-state index is 13.0. The highest BCUT2D eigenvalue weighted by Gasteiger charge is 2.31. The maximum absolute atomic E-state index is 13.0. The molecule has 0 heterocycles. The highest BCUT2D eigenvalue weighted by Crippen LogP contribution is 2.35. The number of anilines is 2. The number of benzene rings is 2. The van der Waals surface area contributed by atoms with Gasteiger partial charge >= 0.3 is 6.18 Å². The molecule has 0 atom stereocenters. The van der Waals surface area contributed by atoms with Crippen LogP contribution >= 0.6 is 0 Å². The molecule has 0 saturated carbocycles.